The maximum Gasteiger partial charge on any atom is 0.303 e. The van der Waals surface area contributed by atoms with Crippen LogP contribution in [0.15, 0.2) is 0 Å². The molecule has 0 bridgehead atoms. The van der Waals surface area contributed by atoms with E-state index in [-0.39, 0.29) is 24.9 Å². The zero-order chi connectivity index (χ0) is 11.7. The monoisotopic (exact) mass is 217 g/mol. The molecule has 0 heterocycles. The van der Waals surface area contributed by atoms with Crippen molar-refractivity contribution < 1.29 is 19.4 Å². The van der Waals surface area contributed by atoms with Gasteiger partial charge in [0.05, 0.1) is 0 Å². The number of amides is 1. The third-order valence-corrected chi connectivity index (χ3v) is 1.94. The van der Waals surface area contributed by atoms with E-state index in [1.54, 1.807) is 0 Å². The summed E-state index contributed by atoms with van der Waals surface area (Å²) in [6.45, 7) is 4.82. The molecule has 5 heteroatoms. The molecule has 0 aromatic heterocycles. The quantitative estimate of drug-likeness (QED) is 0.625. The molecule has 0 fully saturated rings. The molecule has 15 heavy (non-hydrogen) atoms. The lowest BCUT2D eigenvalue weighted by atomic mass is 10.1. The van der Waals surface area contributed by atoms with Gasteiger partial charge in [0, 0.05) is 19.6 Å². The van der Waals surface area contributed by atoms with E-state index in [9.17, 15) is 9.59 Å². The van der Waals surface area contributed by atoms with Gasteiger partial charge in [0.2, 0.25) is 5.91 Å². The van der Waals surface area contributed by atoms with Crippen LogP contribution >= 0.6 is 0 Å². The maximum absolute atomic E-state index is 11.1. The Kier molecular flexibility index (Phi) is 7.62. The van der Waals surface area contributed by atoms with Crippen molar-refractivity contribution in [3.63, 3.8) is 0 Å². The lowest BCUT2D eigenvalue weighted by Gasteiger charge is -2.11. The van der Waals surface area contributed by atoms with Crippen molar-refractivity contribution in [1.29, 1.82) is 0 Å². The van der Waals surface area contributed by atoms with Gasteiger partial charge in [0.15, 0.2) is 0 Å². The number of hydrogen-bond donors (Lipinski definition) is 2. The van der Waals surface area contributed by atoms with E-state index >= 15 is 0 Å². The Morgan fingerprint density at radius 2 is 2.13 bits per heavy atom. The van der Waals surface area contributed by atoms with E-state index in [4.69, 9.17) is 9.84 Å². The van der Waals surface area contributed by atoms with Gasteiger partial charge < -0.3 is 15.2 Å². The number of carboxylic acid groups (broad SMARTS) is 1. The Bertz CT molecular complexity index is 206. The molecular formula is C10H19NO4. The number of carboxylic acids is 1. The zero-order valence-electron chi connectivity index (χ0n) is 9.28. The molecule has 0 radical (unpaired) electrons. The highest BCUT2D eigenvalue weighted by molar-refractivity contribution is 5.77. The summed E-state index contributed by atoms with van der Waals surface area (Å²) >= 11 is 0. The number of hydrogen-bond acceptors (Lipinski definition) is 3. The van der Waals surface area contributed by atoms with Crippen molar-refractivity contribution in [2.45, 2.75) is 26.7 Å². The molecule has 0 aromatic rings. The third-order valence-electron chi connectivity index (χ3n) is 1.94. The normalized spacial score (nSPS) is 12.1. The summed E-state index contributed by atoms with van der Waals surface area (Å²) in [5, 5.41) is 11.1. The van der Waals surface area contributed by atoms with Crippen LogP contribution in [0.3, 0.4) is 0 Å². The predicted octanol–water partition coefficient (Wildman–Crippen LogP) is 0.640. The van der Waals surface area contributed by atoms with Crippen LogP contribution in [0.1, 0.15) is 26.7 Å². The van der Waals surface area contributed by atoms with E-state index < -0.39 is 5.97 Å². The number of aliphatic carboxylic acids is 1. The Balaban J connectivity index is 3.48. The standard InChI is InChI=1S/C10H19NO4/c1-3-15-7-9(12)11-6-8(2)4-5-10(13)14/h8H,3-7H2,1-2H3,(H,11,12)(H,13,14). The average Bonchev–Trinajstić information content (AvgIpc) is 2.20. The molecule has 1 unspecified atom stereocenters. The van der Waals surface area contributed by atoms with E-state index in [1.807, 2.05) is 13.8 Å². The molecule has 88 valence electrons. The van der Waals surface area contributed by atoms with Crippen LogP contribution in [-0.4, -0.2) is 36.7 Å². The summed E-state index contributed by atoms with van der Waals surface area (Å²) in [5.41, 5.74) is 0. The van der Waals surface area contributed by atoms with Gasteiger partial charge >= 0.3 is 5.97 Å². The zero-order valence-corrected chi connectivity index (χ0v) is 9.28. The summed E-state index contributed by atoms with van der Waals surface area (Å²) in [4.78, 5) is 21.4. The van der Waals surface area contributed by atoms with Gasteiger partial charge in [0.1, 0.15) is 6.61 Å². The molecule has 0 aromatic carbocycles. The highest BCUT2D eigenvalue weighted by Gasteiger charge is 2.07. The predicted molar refractivity (Wildman–Crippen MR) is 55.5 cm³/mol. The molecule has 0 aliphatic heterocycles. The van der Waals surface area contributed by atoms with Crippen molar-refractivity contribution in [1.82, 2.24) is 5.32 Å². The van der Waals surface area contributed by atoms with Gasteiger partial charge in [-0.2, -0.15) is 0 Å². The van der Waals surface area contributed by atoms with Crippen molar-refractivity contribution in [3.8, 4) is 0 Å². The molecule has 0 saturated carbocycles. The summed E-state index contributed by atoms with van der Waals surface area (Å²) in [6.07, 6.45) is 0.715. The number of ether oxygens (including phenoxy) is 1. The summed E-state index contributed by atoms with van der Waals surface area (Å²) in [7, 11) is 0. The van der Waals surface area contributed by atoms with Gasteiger partial charge in [-0.1, -0.05) is 6.92 Å². The van der Waals surface area contributed by atoms with Crippen LogP contribution < -0.4 is 5.32 Å². The van der Waals surface area contributed by atoms with Crippen LogP contribution in [0, 0.1) is 5.92 Å². The molecule has 1 atom stereocenters. The summed E-state index contributed by atoms with van der Waals surface area (Å²) in [5.74, 6) is -0.784. The van der Waals surface area contributed by atoms with Gasteiger partial charge in [-0.3, -0.25) is 9.59 Å². The van der Waals surface area contributed by atoms with Gasteiger partial charge in [0.25, 0.3) is 0 Å². The number of carbonyl (C=O) groups is 2. The Labute approximate surface area is 89.8 Å². The van der Waals surface area contributed by atoms with E-state index in [1.165, 1.54) is 0 Å². The molecule has 0 spiro atoms. The van der Waals surface area contributed by atoms with Gasteiger partial charge in [-0.25, -0.2) is 0 Å². The Morgan fingerprint density at radius 1 is 1.47 bits per heavy atom. The van der Waals surface area contributed by atoms with Crippen molar-refractivity contribution in [2.75, 3.05) is 19.8 Å². The van der Waals surface area contributed by atoms with Gasteiger partial charge in [-0.15, -0.1) is 0 Å². The summed E-state index contributed by atoms with van der Waals surface area (Å²) in [6, 6.07) is 0. The van der Waals surface area contributed by atoms with E-state index in [0.29, 0.717) is 19.6 Å². The first-order valence-corrected chi connectivity index (χ1v) is 5.12. The van der Waals surface area contributed by atoms with Gasteiger partial charge in [-0.05, 0) is 19.3 Å². The fourth-order valence-electron chi connectivity index (χ4n) is 1.01. The summed E-state index contributed by atoms with van der Waals surface area (Å²) < 4.78 is 4.92. The highest BCUT2D eigenvalue weighted by atomic mass is 16.5. The van der Waals surface area contributed by atoms with E-state index in [2.05, 4.69) is 5.32 Å². The van der Waals surface area contributed by atoms with Crippen molar-refractivity contribution in [2.24, 2.45) is 5.92 Å². The highest BCUT2D eigenvalue weighted by Crippen LogP contribution is 2.03. The Morgan fingerprint density at radius 3 is 2.67 bits per heavy atom. The van der Waals surface area contributed by atoms with Crippen LogP contribution in [-0.2, 0) is 14.3 Å². The SMILES string of the molecule is CCOCC(=O)NCC(C)CCC(=O)O. The first-order valence-electron chi connectivity index (χ1n) is 5.12. The topological polar surface area (TPSA) is 75.6 Å². The van der Waals surface area contributed by atoms with Crippen molar-refractivity contribution >= 4 is 11.9 Å². The molecule has 0 aliphatic rings. The van der Waals surface area contributed by atoms with Crippen LogP contribution in [0.2, 0.25) is 0 Å². The minimum atomic E-state index is -0.803. The number of carbonyl (C=O) groups excluding carboxylic acids is 1. The lowest BCUT2D eigenvalue weighted by molar-refractivity contribution is -0.137. The molecule has 0 aliphatic carbocycles. The molecule has 2 N–H and O–H groups in total. The smallest absolute Gasteiger partial charge is 0.303 e. The van der Waals surface area contributed by atoms with Crippen LogP contribution in [0.25, 0.3) is 0 Å². The average molecular weight is 217 g/mol. The molecule has 0 saturated heterocycles. The second kappa shape index (κ2) is 8.23. The Hall–Kier alpha value is -1.10. The molecule has 0 rings (SSSR count). The molecular weight excluding hydrogens is 198 g/mol. The second-order valence-corrected chi connectivity index (χ2v) is 3.48. The largest absolute Gasteiger partial charge is 0.481 e. The number of rotatable bonds is 8. The van der Waals surface area contributed by atoms with Crippen LogP contribution in [0.5, 0.6) is 0 Å². The fourth-order valence-corrected chi connectivity index (χ4v) is 1.01. The second-order valence-electron chi connectivity index (χ2n) is 3.48. The van der Waals surface area contributed by atoms with Crippen LogP contribution in [0.4, 0.5) is 0 Å². The molecule has 1 amide bonds. The minimum absolute atomic E-state index is 0.0716. The maximum atomic E-state index is 11.1. The first-order chi connectivity index (χ1) is 7.06. The minimum Gasteiger partial charge on any atom is -0.481 e. The number of nitrogens with one attached hydrogen (secondary N) is 1. The molecule has 5 nitrogen and oxygen atoms in total. The van der Waals surface area contributed by atoms with Crippen molar-refractivity contribution in [3.05, 3.63) is 0 Å². The fraction of sp³-hybridized carbons (Fsp3) is 0.800. The lowest BCUT2D eigenvalue weighted by Crippen LogP contribution is -2.31. The third kappa shape index (κ3) is 9.21. The van der Waals surface area contributed by atoms with E-state index in [0.717, 1.165) is 0 Å². The first kappa shape index (κ1) is 13.9.